The first kappa shape index (κ1) is 19.5. The van der Waals surface area contributed by atoms with Crippen molar-refractivity contribution in [2.75, 3.05) is 33.7 Å². The van der Waals surface area contributed by atoms with E-state index in [4.69, 9.17) is 5.11 Å². The molecule has 3 rings (SSSR count). The van der Waals surface area contributed by atoms with E-state index in [-0.39, 0.29) is 17.4 Å². The largest absolute Gasteiger partial charge is 0.392 e. The van der Waals surface area contributed by atoms with E-state index in [0.29, 0.717) is 19.5 Å². The average molecular weight is 397 g/mol. The summed E-state index contributed by atoms with van der Waals surface area (Å²) in [5.74, 6) is 0. The molecular weight excluding hydrogens is 372 g/mol. The molecule has 0 bridgehead atoms. The van der Waals surface area contributed by atoms with Crippen LogP contribution in [0.4, 0.5) is 0 Å². The minimum Gasteiger partial charge on any atom is -0.392 e. The summed E-state index contributed by atoms with van der Waals surface area (Å²) >= 11 is 1.22. The quantitative estimate of drug-likeness (QED) is 0.775. The third-order valence-corrected chi connectivity index (χ3v) is 7.95. The summed E-state index contributed by atoms with van der Waals surface area (Å²) in [6, 6.07) is 10.8. The molecule has 0 saturated carbocycles. The van der Waals surface area contributed by atoms with Crippen LogP contribution in [0.25, 0.3) is 10.4 Å². The van der Waals surface area contributed by atoms with E-state index in [2.05, 4.69) is 0 Å². The Labute approximate surface area is 158 Å². The van der Waals surface area contributed by atoms with Gasteiger partial charge in [-0.15, -0.1) is 11.3 Å². The zero-order valence-corrected chi connectivity index (χ0v) is 16.6. The second-order valence-corrected chi connectivity index (χ2v) is 10.3. The molecule has 1 saturated heterocycles. The third-order valence-electron chi connectivity index (χ3n) is 4.50. The summed E-state index contributed by atoms with van der Waals surface area (Å²) in [6.45, 7) is 0.859. The minimum absolute atomic E-state index is 0.0187. The molecule has 1 unspecified atom stereocenters. The monoisotopic (exact) mass is 396 g/mol. The van der Waals surface area contributed by atoms with Crippen molar-refractivity contribution in [2.24, 2.45) is 0 Å². The maximum absolute atomic E-state index is 12.9. The fraction of sp³-hybridized carbons (Fsp3) is 0.444. The van der Waals surface area contributed by atoms with E-state index in [1.54, 1.807) is 12.1 Å². The molecule has 1 fully saturated rings. The normalized spacial score (nSPS) is 21.6. The summed E-state index contributed by atoms with van der Waals surface area (Å²) in [5, 5.41) is 19.7. The van der Waals surface area contributed by atoms with Crippen molar-refractivity contribution >= 4 is 21.4 Å². The lowest BCUT2D eigenvalue weighted by Gasteiger charge is -2.26. The van der Waals surface area contributed by atoms with Crippen LogP contribution in [-0.2, 0) is 16.6 Å². The molecule has 2 heterocycles. The number of β-amino-alcohol motifs (C(OH)–C–C–N with tert-alkyl or cyclic N) is 1. The predicted molar refractivity (Wildman–Crippen MR) is 103 cm³/mol. The number of aliphatic hydroxyl groups excluding tert-OH is 1. The molecule has 1 atom stereocenters. The summed E-state index contributed by atoms with van der Waals surface area (Å²) in [7, 11) is 0.115. The van der Waals surface area contributed by atoms with Gasteiger partial charge in [0.15, 0.2) is 0 Å². The summed E-state index contributed by atoms with van der Waals surface area (Å²) in [4.78, 5) is 2.73. The number of hydrogen-bond donors (Lipinski definition) is 2. The first-order valence-corrected chi connectivity index (χ1v) is 10.7. The fourth-order valence-electron chi connectivity index (χ4n) is 3.26. The summed E-state index contributed by atoms with van der Waals surface area (Å²) < 4.78 is 27.5. The van der Waals surface area contributed by atoms with Crippen LogP contribution in [0, 0.1) is 0 Å². The third kappa shape index (κ3) is 4.00. The highest BCUT2D eigenvalue weighted by molar-refractivity contribution is 7.91. The second-order valence-electron chi connectivity index (χ2n) is 7.02. The molecule has 26 heavy (non-hydrogen) atoms. The van der Waals surface area contributed by atoms with Crippen LogP contribution in [0.2, 0.25) is 0 Å². The lowest BCUT2D eigenvalue weighted by molar-refractivity contribution is 0.0302. The molecule has 8 heteroatoms. The van der Waals surface area contributed by atoms with Crippen molar-refractivity contribution in [3.05, 3.63) is 42.0 Å². The van der Waals surface area contributed by atoms with E-state index in [1.807, 2.05) is 43.3 Å². The van der Waals surface area contributed by atoms with E-state index < -0.39 is 15.6 Å². The van der Waals surface area contributed by atoms with Crippen molar-refractivity contribution in [2.45, 2.75) is 22.8 Å². The molecule has 1 aliphatic rings. The molecule has 2 N–H and O–H groups in total. The first-order chi connectivity index (χ1) is 12.2. The Kier molecular flexibility index (Phi) is 5.53. The Bertz CT molecular complexity index is 862. The highest BCUT2D eigenvalue weighted by atomic mass is 32.2. The molecule has 0 spiro atoms. The van der Waals surface area contributed by atoms with Gasteiger partial charge in [-0.25, -0.2) is 8.42 Å². The number of nitrogens with zero attached hydrogens (tertiary/aromatic N) is 2. The van der Waals surface area contributed by atoms with Crippen LogP contribution in [0.1, 0.15) is 12.0 Å². The van der Waals surface area contributed by atoms with E-state index in [9.17, 15) is 13.5 Å². The smallest absolute Gasteiger partial charge is 0.252 e. The second kappa shape index (κ2) is 7.38. The molecule has 142 valence electrons. The maximum Gasteiger partial charge on any atom is 0.252 e. The van der Waals surface area contributed by atoms with E-state index >= 15 is 0 Å². The zero-order chi connectivity index (χ0) is 18.9. The number of thiophene rings is 1. The Morgan fingerprint density at radius 3 is 2.50 bits per heavy atom. The van der Waals surface area contributed by atoms with Crippen molar-refractivity contribution in [1.29, 1.82) is 0 Å². The standard InChI is InChI=1S/C18H24N2O4S2/c1-19(2)12-18(22)9-10-20(13-18)26(23,24)17-8-7-16(25-17)15-5-3-14(11-21)4-6-15/h3-8,21-22H,9-13H2,1-2H3. The van der Waals surface area contributed by atoms with Gasteiger partial charge in [0.1, 0.15) is 4.21 Å². The van der Waals surface area contributed by atoms with E-state index in [0.717, 1.165) is 16.0 Å². The molecule has 0 aliphatic carbocycles. The maximum atomic E-state index is 12.9. The van der Waals surface area contributed by atoms with Gasteiger partial charge in [-0.2, -0.15) is 4.31 Å². The van der Waals surface area contributed by atoms with Crippen molar-refractivity contribution < 1.29 is 18.6 Å². The van der Waals surface area contributed by atoms with Crippen molar-refractivity contribution in [1.82, 2.24) is 9.21 Å². The number of aliphatic hydroxyl groups is 2. The van der Waals surface area contributed by atoms with Crippen molar-refractivity contribution in [3.63, 3.8) is 0 Å². The molecule has 0 amide bonds. The first-order valence-electron chi connectivity index (χ1n) is 8.41. The average Bonchev–Trinajstić information content (AvgIpc) is 3.22. The van der Waals surface area contributed by atoms with Gasteiger partial charge in [0.05, 0.1) is 12.2 Å². The predicted octanol–water partition coefficient (Wildman–Crippen LogP) is 1.59. The van der Waals surface area contributed by atoms with Crippen LogP contribution < -0.4 is 0 Å². The summed E-state index contributed by atoms with van der Waals surface area (Å²) in [5.41, 5.74) is 0.728. The van der Waals surface area contributed by atoms with Crippen LogP contribution in [0.5, 0.6) is 0 Å². The Hall–Kier alpha value is -1.29. The SMILES string of the molecule is CN(C)CC1(O)CCN(S(=O)(=O)c2ccc(-c3ccc(CO)cc3)s2)C1. The number of rotatable bonds is 6. The van der Waals surface area contributed by atoms with E-state index in [1.165, 1.54) is 15.6 Å². The van der Waals surface area contributed by atoms with Crippen LogP contribution >= 0.6 is 11.3 Å². The van der Waals surface area contributed by atoms with Gasteiger partial charge >= 0.3 is 0 Å². The Balaban J connectivity index is 1.79. The Morgan fingerprint density at radius 1 is 1.19 bits per heavy atom. The van der Waals surface area contributed by atoms with Crippen LogP contribution in [0.15, 0.2) is 40.6 Å². The van der Waals surface area contributed by atoms with Crippen LogP contribution in [0.3, 0.4) is 0 Å². The molecule has 6 nitrogen and oxygen atoms in total. The highest BCUT2D eigenvalue weighted by Crippen LogP contribution is 2.35. The minimum atomic E-state index is -3.61. The molecule has 2 aromatic rings. The van der Waals surface area contributed by atoms with Gasteiger partial charge in [0, 0.05) is 24.5 Å². The number of hydrogen-bond acceptors (Lipinski definition) is 6. The number of likely N-dealkylation sites (N-methyl/N-ethyl adjacent to an activating group) is 1. The van der Waals surface area contributed by atoms with Gasteiger partial charge in [-0.3, -0.25) is 0 Å². The van der Waals surface area contributed by atoms with Gasteiger partial charge in [0.2, 0.25) is 0 Å². The Morgan fingerprint density at radius 2 is 1.88 bits per heavy atom. The highest BCUT2D eigenvalue weighted by Gasteiger charge is 2.42. The topological polar surface area (TPSA) is 81.1 Å². The zero-order valence-electron chi connectivity index (χ0n) is 14.9. The summed E-state index contributed by atoms with van der Waals surface area (Å²) in [6.07, 6.45) is 0.436. The lowest BCUT2D eigenvalue weighted by Crippen LogP contribution is -2.43. The van der Waals surface area contributed by atoms with Crippen LogP contribution in [-0.4, -0.2) is 67.2 Å². The molecule has 1 aromatic carbocycles. The fourth-order valence-corrected chi connectivity index (χ4v) is 6.24. The van der Waals surface area contributed by atoms with Gasteiger partial charge in [-0.05, 0) is 43.8 Å². The molecular formula is C18H24N2O4S2. The van der Waals surface area contributed by atoms with Gasteiger partial charge < -0.3 is 15.1 Å². The number of benzene rings is 1. The van der Waals surface area contributed by atoms with Gasteiger partial charge in [0.25, 0.3) is 10.0 Å². The lowest BCUT2D eigenvalue weighted by atomic mass is 10.0. The van der Waals surface area contributed by atoms with Gasteiger partial charge in [-0.1, -0.05) is 24.3 Å². The molecule has 1 aliphatic heterocycles. The number of sulfonamides is 1. The van der Waals surface area contributed by atoms with Crippen molar-refractivity contribution in [3.8, 4) is 10.4 Å². The molecule has 0 radical (unpaired) electrons. The molecule has 1 aromatic heterocycles.